The van der Waals surface area contributed by atoms with Gasteiger partial charge in [0.05, 0.1) is 15.1 Å². The van der Waals surface area contributed by atoms with Gasteiger partial charge in [0.15, 0.2) is 0 Å². The van der Waals surface area contributed by atoms with E-state index in [0.29, 0.717) is 10.4 Å². The van der Waals surface area contributed by atoms with E-state index in [1.165, 1.54) is 0 Å². The van der Waals surface area contributed by atoms with Gasteiger partial charge in [0.25, 0.3) is 0 Å². The van der Waals surface area contributed by atoms with Gasteiger partial charge in [-0.25, -0.2) is 9.97 Å². The summed E-state index contributed by atoms with van der Waals surface area (Å²) >= 11 is 3.11. The number of hydrogen-bond acceptors (Lipinski definition) is 3. The third kappa shape index (κ3) is 2.23. The molecule has 1 fully saturated rings. The largest absolute Gasteiger partial charge is 0.355 e. The van der Waals surface area contributed by atoms with Crippen molar-refractivity contribution in [3.05, 3.63) is 16.9 Å². The molecule has 0 aromatic carbocycles. The summed E-state index contributed by atoms with van der Waals surface area (Å²) in [7, 11) is 0. The van der Waals surface area contributed by atoms with Crippen molar-refractivity contribution in [3.63, 3.8) is 0 Å². The maximum Gasteiger partial charge on any atom is 0.147 e. The average molecular weight is 258 g/mol. The van der Waals surface area contributed by atoms with E-state index in [0.717, 1.165) is 31.8 Å². The van der Waals surface area contributed by atoms with Crippen LogP contribution in [0.3, 0.4) is 0 Å². The van der Waals surface area contributed by atoms with E-state index in [1.54, 1.807) is 0 Å². The minimum atomic E-state index is 0.102. The SMILES string of the molecule is [2H]c1nc(N2CCC(C)CC2)c([2H])nc1Br. The van der Waals surface area contributed by atoms with Gasteiger partial charge in [-0.2, -0.15) is 0 Å². The highest BCUT2D eigenvalue weighted by molar-refractivity contribution is 9.10. The minimum Gasteiger partial charge on any atom is -0.355 e. The first-order valence-electron chi connectivity index (χ1n) is 5.83. The van der Waals surface area contributed by atoms with Gasteiger partial charge in [-0.3, -0.25) is 0 Å². The smallest absolute Gasteiger partial charge is 0.147 e. The van der Waals surface area contributed by atoms with E-state index in [4.69, 9.17) is 2.74 Å². The number of nitrogens with zero attached hydrogens (tertiary/aromatic N) is 3. The van der Waals surface area contributed by atoms with Gasteiger partial charge < -0.3 is 4.90 Å². The lowest BCUT2D eigenvalue weighted by Gasteiger charge is -2.30. The van der Waals surface area contributed by atoms with E-state index in [-0.39, 0.29) is 12.3 Å². The third-order valence-electron chi connectivity index (χ3n) is 2.59. The van der Waals surface area contributed by atoms with Crippen molar-refractivity contribution in [2.45, 2.75) is 19.8 Å². The maximum atomic E-state index is 7.77. The Bertz CT molecular complexity index is 392. The van der Waals surface area contributed by atoms with Gasteiger partial charge in [0.1, 0.15) is 10.4 Å². The van der Waals surface area contributed by atoms with E-state index in [1.807, 2.05) is 0 Å². The quantitative estimate of drug-likeness (QED) is 0.774. The van der Waals surface area contributed by atoms with Gasteiger partial charge in [0.2, 0.25) is 0 Å². The van der Waals surface area contributed by atoms with E-state index >= 15 is 0 Å². The first-order chi connectivity index (χ1) is 7.58. The molecule has 2 rings (SSSR count). The van der Waals surface area contributed by atoms with Gasteiger partial charge in [-0.05, 0) is 34.7 Å². The van der Waals surface area contributed by atoms with Crippen LogP contribution in [0.2, 0.25) is 0 Å². The third-order valence-corrected chi connectivity index (χ3v) is 2.95. The Kier molecular flexibility index (Phi) is 2.32. The van der Waals surface area contributed by atoms with E-state index in [9.17, 15) is 0 Å². The van der Waals surface area contributed by atoms with Crippen molar-refractivity contribution in [1.29, 1.82) is 0 Å². The second kappa shape index (κ2) is 4.26. The molecule has 14 heavy (non-hydrogen) atoms. The highest BCUT2D eigenvalue weighted by atomic mass is 79.9. The number of halogens is 1. The van der Waals surface area contributed by atoms with Crippen LogP contribution in [0.1, 0.15) is 22.5 Å². The lowest BCUT2D eigenvalue weighted by atomic mass is 9.99. The van der Waals surface area contributed by atoms with Gasteiger partial charge in [-0.15, -0.1) is 0 Å². The summed E-state index contributed by atoms with van der Waals surface area (Å²) in [4.78, 5) is 10.1. The van der Waals surface area contributed by atoms with Crippen LogP contribution in [0, 0.1) is 5.92 Å². The molecule has 76 valence electrons. The highest BCUT2D eigenvalue weighted by Gasteiger charge is 2.16. The Hall–Kier alpha value is -0.640. The van der Waals surface area contributed by atoms with E-state index in [2.05, 4.69) is 37.7 Å². The number of hydrogen-bond donors (Lipinski definition) is 0. The summed E-state index contributed by atoms with van der Waals surface area (Å²) in [5.41, 5.74) is 0. The van der Waals surface area contributed by atoms with Crippen LogP contribution in [0.4, 0.5) is 5.82 Å². The van der Waals surface area contributed by atoms with Gasteiger partial charge in [-0.1, -0.05) is 6.92 Å². The molecule has 0 spiro atoms. The van der Waals surface area contributed by atoms with Crippen LogP contribution in [0.25, 0.3) is 0 Å². The summed E-state index contributed by atoms with van der Waals surface area (Å²) in [6.07, 6.45) is 2.48. The molecule has 0 saturated carbocycles. The molecule has 1 aromatic heterocycles. The topological polar surface area (TPSA) is 29.0 Å². The average Bonchev–Trinajstić information content (AvgIpc) is 2.25. The molecular formula is C10H14BrN3. The molecule has 0 unspecified atom stereocenters. The standard InChI is InChI=1S/C10H14BrN3/c1-8-2-4-14(5-3-8)10-7-12-9(11)6-13-10/h6-8H,2-5H2,1H3/i6D,7D. The van der Waals surface area contributed by atoms with Crippen molar-refractivity contribution in [1.82, 2.24) is 9.97 Å². The number of rotatable bonds is 1. The second-order valence-electron chi connectivity index (χ2n) is 3.73. The number of piperidine rings is 1. The van der Waals surface area contributed by atoms with Crippen molar-refractivity contribution < 1.29 is 2.74 Å². The molecule has 0 bridgehead atoms. The van der Waals surface area contributed by atoms with Crippen molar-refractivity contribution in [3.8, 4) is 0 Å². The normalized spacial score (nSPS) is 20.6. The molecule has 1 aromatic rings. The molecule has 1 saturated heterocycles. The summed E-state index contributed by atoms with van der Waals surface area (Å²) in [6.45, 7) is 4.05. The maximum absolute atomic E-state index is 7.77. The molecule has 4 heteroatoms. The van der Waals surface area contributed by atoms with Crippen molar-refractivity contribution in [2.24, 2.45) is 5.92 Å². The Morgan fingerprint density at radius 1 is 1.43 bits per heavy atom. The monoisotopic (exact) mass is 257 g/mol. The lowest BCUT2D eigenvalue weighted by Crippen LogP contribution is -2.33. The Morgan fingerprint density at radius 2 is 2.14 bits per heavy atom. The fraction of sp³-hybridized carbons (Fsp3) is 0.600. The summed E-state index contributed by atoms with van der Waals surface area (Å²) in [5, 5.41) is 0. The molecule has 2 heterocycles. The molecule has 3 nitrogen and oxygen atoms in total. The fourth-order valence-corrected chi connectivity index (χ4v) is 1.79. The molecule has 0 atom stereocenters. The van der Waals surface area contributed by atoms with Crippen LogP contribution in [0.15, 0.2) is 16.9 Å². The number of anilines is 1. The molecule has 0 N–H and O–H groups in total. The Balaban J connectivity index is 2.23. The van der Waals surface area contributed by atoms with Crippen LogP contribution in [0.5, 0.6) is 0 Å². The Morgan fingerprint density at radius 3 is 2.86 bits per heavy atom. The summed E-state index contributed by atoms with van der Waals surface area (Å²) in [5.74, 6) is 1.28. The molecule has 1 aliphatic heterocycles. The summed E-state index contributed by atoms with van der Waals surface area (Å²) in [6, 6.07) is 0. The predicted octanol–water partition coefficient (Wildman–Crippen LogP) is 2.48. The molecule has 0 aliphatic carbocycles. The van der Waals surface area contributed by atoms with Crippen LogP contribution in [-0.2, 0) is 0 Å². The van der Waals surface area contributed by atoms with E-state index < -0.39 is 0 Å². The highest BCUT2D eigenvalue weighted by Crippen LogP contribution is 2.20. The molecule has 1 aliphatic rings. The predicted molar refractivity (Wildman–Crippen MR) is 60.3 cm³/mol. The van der Waals surface area contributed by atoms with Crippen molar-refractivity contribution in [2.75, 3.05) is 18.0 Å². The minimum absolute atomic E-state index is 0.102. The second-order valence-corrected chi connectivity index (χ2v) is 4.48. The first kappa shape index (κ1) is 7.63. The van der Waals surface area contributed by atoms with Gasteiger partial charge >= 0.3 is 0 Å². The first-order valence-corrected chi connectivity index (χ1v) is 5.63. The molecule has 0 amide bonds. The zero-order chi connectivity index (χ0) is 11.7. The zero-order valence-corrected chi connectivity index (χ0v) is 9.71. The Labute approximate surface area is 95.5 Å². The lowest BCUT2D eigenvalue weighted by molar-refractivity contribution is 0.436. The molecular weight excluding hydrogens is 242 g/mol. The van der Waals surface area contributed by atoms with Crippen LogP contribution >= 0.6 is 15.9 Å². The van der Waals surface area contributed by atoms with Crippen LogP contribution in [-0.4, -0.2) is 23.1 Å². The molecule has 0 radical (unpaired) electrons. The van der Waals surface area contributed by atoms with Crippen molar-refractivity contribution >= 4 is 21.7 Å². The van der Waals surface area contributed by atoms with Crippen LogP contribution < -0.4 is 4.90 Å². The number of aromatic nitrogens is 2. The van der Waals surface area contributed by atoms with Gasteiger partial charge in [0, 0.05) is 13.1 Å². The summed E-state index contributed by atoms with van der Waals surface area (Å²) < 4.78 is 15.7. The zero-order valence-electron chi connectivity index (χ0n) is 10.1. The fourth-order valence-electron chi connectivity index (χ4n) is 1.61.